The van der Waals surface area contributed by atoms with Crippen LogP contribution in [-0.4, -0.2) is 39.2 Å². The number of alkyl halides is 3. The fourth-order valence-corrected chi connectivity index (χ4v) is 2.90. The standard InChI is InChI=1S/C11H8ClF3O5S/c1-20-10(17)6-2-7(12)4-8(3-6)21(18,19)5-9(16)11(13,14)15/h2-4H,5H2,1H3. The number of ether oxygens (including phenoxy) is 1. The number of methoxy groups -OCH3 is 1. The Hall–Kier alpha value is -1.61. The lowest BCUT2D eigenvalue weighted by Gasteiger charge is -2.08. The molecule has 1 aromatic rings. The van der Waals surface area contributed by atoms with E-state index in [0.717, 1.165) is 25.3 Å². The highest BCUT2D eigenvalue weighted by Crippen LogP contribution is 2.23. The van der Waals surface area contributed by atoms with Crippen molar-refractivity contribution in [3.8, 4) is 0 Å². The zero-order chi connectivity index (χ0) is 16.4. The van der Waals surface area contributed by atoms with Gasteiger partial charge in [0.25, 0.3) is 5.78 Å². The maximum absolute atomic E-state index is 12.1. The van der Waals surface area contributed by atoms with E-state index in [9.17, 15) is 31.2 Å². The van der Waals surface area contributed by atoms with Crippen molar-refractivity contribution in [2.75, 3.05) is 12.9 Å². The first-order chi connectivity index (χ1) is 9.47. The lowest BCUT2D eigenvalue weighted by atomic mass is 10.2. The van der Waals surface area contributed by atoms with Gasteiger partial charge >= 0.3 is 12.1 Å². The van der Waals surface area contributed by atoms with E-state index in [1.54, 1.807) is 0 Å². The van der Waals surface area contributed by atoms with Crippen molar-refractivity contribution in [1.29, 1.82) is 0 Å². The van der Waals surface area contributed by atoms with Crippen LogP contribution in [0.5, 0.6) is 0 Å². The Labute approximate surface area is 122 Å². The summed E-state index contributed by atoms with van der Waals surface area (Å²) in [6.07, 6.45) is -5.27. The molecule has 116 valence electrons. The summed E-state index contributed by atoms with van der Waals surface area (Å²) in [6, 6.07) is 2.71. The SMILES string of the molecule is COC(=O)c1cc(Cl)cc(S(=O)(=O)CC(=O)C(F)(F)F)c1. The molecule has 21 heavy (non-hydrogen) atoms. The average molecular weight is 345 g/mol. The number of sulfone groups is 1. The number of Topliss-reactive ketones (excluding diaryl/α,β-unsaturated/α-hetero) is 1. The maximum Gasteiger partial charge on any atom is 0.451 e. The quantitative estimate of drug-likeness (QED) is 0.781. The second kappa shape index (κ2) is 6.02. The molecule has 0 spiro atoms. The van der Waals surface area contributed by atoms with E-state index in [2.05, 4.69) is 4.74 Å². The molecule has 0 unspecified atom stereocenters. The summed E-state index contributed by atoms with van der Waals surface area (Å²) in [5.41, 5.74) is -0.261. The van der Waals surface area contributed by atoms with Crippen molar-refractivity contribution in [2.24, 2.45) is 0 Å². The number of benzene rings is 1. The van der Waals surface area contributed by atoms with Crippen LogP contribution < -0.4 is 0 Å². The van der Waals surface area contributed by atoms with Crippen LogP contribution in [0.25, 0.3) is 0 Å². The molecular weight excluding hydrogens is 337 g/mol. The third-order valence-electron chi connectivity index (χ3n) is 2.29. The monoisotopic (exact) mass is 344 g/mol. The highest BCUT2D eigenvalue weighted by Gasteiger charge is 2.41. The molecule has 0 amide bonds. The molecule has 0 fully saturated rings. The van der Waals surface area contributed by atoms with E-state index in [4.69, 9.17) is 11.6 Å². The number of halogens is 4. The van der Waals surface area contributed by atoms with Crippen LogP contribution in [0, 0.1) is 0 Å². The fourth-order valence-electron chi connectivity index (χ4n) is 1.32. The number of rotatable bonds is 4. The highest BCUT2D eigenvalue weighted by molar-refractivity contribution is 7.92. The third kappa shape index (κ3) is 4.43. The van der Waals surface area contributed by atoms with Gasteiger partial charge in [0, 0.05) is 5.02 Å². The van der Waals surface area contributed by atoms with E-state index in [0.29, 0.717) is 0 Å². The van der Waals surface area contributed by atoms with Gasteiger partial charge in [-0.05, 0) is 18.2 Å². The largest absolute Gasteiger partial charge is 0.465 e. The van der Waals surface area contributed by atoms with Gasteiger partial charge in [-0.2, -0.15) is 13.2 Å². The zero-order valence-corrected chi connectivity index (χ0v) is 12.0. The summed E-state index contributed by atoms with van der Waals surface area (Å²) in [4.78, 5) is 21.4. The van der Waals surface area contributed by atoms with Gasteiger partial charge in [-0.15, -0.1) is 0 Å². The Kier molecular flexibility index (Phi) is 5.00. The predicted molar refractivity (Wildman–Crippen MR) is 65.9 cm³/mol. The van der Waals surface area contributed by atoms with Gasteiger partial charge in [0.1, 0.15) is 5.75 Å². The third-order valence-corrected chi connectivity index (χ3v) is 4.10. The number of carbonyl (C=O) groups is 2. The number of hydrogen-bond donors (Lipinski definition) is 0. The van der Waals surface area contributed by atoms with E-state index >= 15 is 0 Å². The summed E-state index contributed by atoms with van der Waals surface area (Å²) < 4.78 is 64.3. The first-order valence-electron chi connectivity index (χ1n) is 5.19. The molecule has 0 radical (unpaired) electrons. The molecule has 0 aliphatic heterocycles. The molecule has 0 bridgehead atoms. The summed E-state index contributed by atoms with van der Waals surface area (Å²) in [5, 5.41) is -0.198. The second-order valence-electron chi connectivity index (χ2n) is 3.85. The average Bonchev–Trinajstić information content (AvgIpc) is 2.35. The van der Waals surface area contributed by atoms with Crippen LogP contribution in [0.4, 0.5) is 13.2 Å². The molecule has 1 aromatic carbocycles. The molecule has 0 aromatic heterocycles. The first kappa shape index (κ1) is 17.4. The molecule has 5 nitrogen and oxygen atoms in total. The molecule has 0 aliphatic rings. The Morgan fingerprint density at radius 2 is 1.81 bits per heavy atom. The summed E-state index contributed by atoms with van der Waals surface area (Å²) in [7, 11) is -3.56. The van der Waals surface area contributed by atoms with Crippen LogP contribution in [0.1, 0.15) is 10.4 Å². The normalized spacial score (nSPS) is 12.0. The van der Waals surface area contributed by atoms with Crippen molar-refractivity contribution in [2.45, 2.75) is 11.1 Å². The van der Waals surface area contributed by atoms with Crippen molar-refractivity contribution in [1.82, 2.24) is 0 Å². The van der Waals surface area contributed by atoms with Gasteiger partial charge in [-0.1, -0.05) is 11.6 Å². The van der Waals surface area contributed by atoms with Crippen LogP contribution in [0.2, 0.25) is 5.02 Å². The molecule has 0 saturated heterocycles. The van der Waals surface area contributed by atoms with Gasteiger partial charge in [-0.25, -0.2) is 13.2 Å². The number of esters is 1. The van der Waals surface area contributed by atoms with Gasteiger partial charge in [-0.3, -0.25) is 4.79 Å². The van der Waals surface area contributed by atoms with E-state index < -0.39 is 38.4 Å². The van der Waals surface area contributed by atoms with Crippen LogP contribution >= 0.6 is 11.6 Å². The Bertz CT molecular complexity index is 682. The molecular formula is C11H8ClF3O5S. The first-order valence-corrected chi connectivity index (χ1v) is 7.22. The van der Waals surface area contributed by atoms with Gasteiger partial charge in [0.2, 0.25) is 0 Å². The van der Waals surface area contributed by atoms with Gasteiger partial charge in [0.15, 0.2) is 9.84 Å². The molecule has 1 rings (SSSR count). The van der Waals surface area contributed by atoms with E-state index in [1.165, 1.54) is 0 Å². The van der Waals surface area contributed by atoms with Crippen molar-refractivity contribution in [3.63, 3.8) is 0 Å². The maximum atomic E-state index is 12.1. The van der Waals surface area contributed by atoms with E-state index in [1.807, 2.05) is 0 Å². The molecule has 0 N–H and O–H groups in total. The fraction of sp³-hybridized carbons (Fsp3) is 0.273. The lowest BCUT2D eigenvalue weighted by molar-refractivity contribution is -0.168. The van der Waals surface area contributed by atoms with Crippen molar-refractivity contribution in [3.05, 3.63) is 28.8 Å². The molecule has 0 saturated carbocycles. The Balaban J connectivity index is 3.23. The Morgan fingerprint density at radius 1 is 1.24 bits per heavy atom. The number of ketones is 1. The summed E-state index contributed by atoms with van der Waals surface area (Å²) >= 11 is 5.60. The predicted octanol–water partition coefficient (Wildman–Crippen LogP) is 2.03. The van der Waals surface area contributed by atoms with Crippen LogP contribution in [-0.2, 0) is 19.4 Å². The molecule has 10 heteroatoms. The Morgan fingerprint density at radius 3 is 2.29 bits per heavy atom. The van der Waals surface area contributed by atoms with Crippen LogP contribution in [0.3, 0.4) is 0 Å². The minimum Gasteiger partial charge on any atom is -0.465 e. The van der Waals surface area contributed by atoms with E-state index in [-0.39, 0.29) is 10.6 Å². The van der Waals surface area contributed by atoms with Crippen molar-refractivity contribution < 1.29 is 35.9 Å². The number of hydrogen-bond acceptors (Lipinski definition) is 5. The van der Waals surface area contributed by atoms with Gasteiger partial charge < -0.3 is 4.74 Å². The zero-order valence-electron chi connectivity index (χ0n) is 10.4. The molecule has 0 atom stereocenters. The smallest absolute Gasteiger partial charge is 0.451 e. The van der Waals surface area contributed by atoms with Gasteiger partial charge in [0.05, 0.1) is 17.6 Å². The summed E-state index contributed by atoms with van der Waals surface area (Å²) in [6.45, 7) is 0. The highest BCUT2D eigenvalue weighted by atomic mass is 35.5. The second-order valence-corrected chi connectivity index (χ2v) is 6.27. The van der Waals surface area contributed by atoms with Crippen molar-refractivity contribution >= 4 is 33.2 Å². The lowest BCUT2D eigenvalue weighted by Crippen LogP contribution is -2.30. The molecule has 0 aliphatic carbocycles. The minimum atomic E-state index is -5.27. The molecule has 0 heterocycles. The minimum absolute atomic E-state index is 0.198. The summed E-state index contributed by atoms with van der Waals surface area (Å²) in [5.74, 6) is -5.10. The number of carbonyl (C=O) groups excluding carboxylic acids is 2. The van der Waals surface area contributed by atoms with Crippen LogP contribution in [0.15, 0.2) is 23.1 Å². The topological polar surface area (TPSA) is 77.5 Å².